The number of hydrogen-bond acceptors (Lipinski definition) is 1. The van der Waals surface area contributed by atoms with Gasteiger partial charge in [-0.05, 0) is 25.8 Å². The molecule has 1 heterocycles. The van der Waals surface area contributed by atoms with Gasteiger partial charge in [-0.2, -0.15) is 0 Å². The second-order valence-electron chi connectivity index (χ2n) is 4.13. The minimum Gasteiger partial charge on any atom is -0.286 e. The zero-order valence-corrected chi connectivity index (χ0v) is 11.7. The summed E-state index contributed by atoms with van der Waals surface area (Å²) < 4.78 is 0. The maximum atomic E-state index is 4.14. The molecule has 0 fully saturated rings. The topological polar surface area (TPSA) is 12.4 Å². The van der Waals surface area contributed by atoms with Crippen molar-refractivity contribution in [1.29, 1.82) is 0 Å². The van der Waals surface area contributed by atoms with Crippen molar-refractivity contribution in [2.24, 2.45) is 10.9 Å². The van der Waals surface area contributed by atoms with Crippen molar-refractivity contribution in [2.75, 3.05) is 6.54 Å². The Hall–Kier alpha value is -0.590. The highest BCUT2D eigenvalue weighted by molar-refractivity contribution is 5.95. The van der Waals surface area contributed by atoms with Gasteiger partial charge in [0.2, 0.25) is 0 Å². The summed E-state index contributed by atoms with van der Waals surface area (Å²) in [5.41, 5.74) is 2.54. The molecule has 1 aliphatic heterocycles. The molecule has 90 valence electrons. The zero-order chi connectivity index (χ0) is 12.3. The van der Waals surface area contributed by atoms with Crippen LogP contribution in [0.3, 0.4) is 0 Å². The lowest BCUT2D eigenvalue weighted by molar-refractivity contribution is 0.576. The molecule has 0 radical (unpaired) electrons. The summed E-state index contributed by atoms with van der Waals surface area (Å²) in [5, 5.41) is 0. The third kappa shape index (κ3) is 13.4. The molecule has 1 nitrogen and oxygen atoms in total. The van der Waals surface area contributed by atoms with E-state index in [4.69, 9.17) is 0 Å². The molecular formula is C14H29N. The fraction of sp³-hybridized carbons (Fsp3) is 0.786. The van der Waals surface area contributed by atoms with Crippen molar-refractivity contribution in [3.8, 4) is 0 Å². The summed E-state index contributed by atoms with van der Waals surface area (Å²) in [4.78, 5) is 4.14. The van der Waals surface area contributed by atoms with Gasteiger partial charge in [0.1, 0.15) is 0 Å². The van der Waals surface area contributed by atoms with E-state index >= 15 is 0 Å². The molecule has 0 bridgehead atoms. The van der Waals surface area contributed by atoms with Crippen molar-refractivity contribution in [3.05, 3.63) is 11.6 Å². The molecular weight excluding hydrogens is 182 g/mol. The standard InChI is InChI=1S/C6H9N.C6H14.C2H6/c1-5-3-6(2)7-4-5;1-4-5-6(2)3;1-2/h3H,4H2,1-2H3;6H,4-5H2,1-3H3;1-2H3. The average Bonchev–Trinajstić information content (AvgIpc) is 2.54. The first-order valence-corrected chi connectivity index (χ1v) is 6.24. The lowest BCUT2D eigenvalue weighted by Gasteiger charge is -1.95. The van der Waals surface area contributed by atoms with Gasteiger partial charge in [0.15, 0.2) is 0 Å². The maximum absolute atomic E-state index is 4.14. The van der Waals surface area contributed by atoms with Crippen molar-refractivity contribution in [2.45, 2.75) is 61.3 Å². The normalized spacial score (nSPS) is 13.3. The van der Waals surface area contributed by atoms with E-state index in [1.807, 2.05) is 20.8 Å². The van der Waals surface area contributed by atoms with Crippen LogP contribution in [-0.2, 0) is 0 Å². The van der Waals surface area contributed by atoms with Gasteiger partial charge in [0.25, 0.3) is 0 Å². The van der Waals surface area contributed by atoms with E-state index in [-0.39, 0.29) is 0 Å². The molecule has 0 aromatic carbocycles. The Morgan fingerprint density at radius 1 is 1.27 bits per heavy atom. The average molecular weight is 211 g/mol. The zero-order valence-electron chi connectivity index (χ0n) is 11.7. The Bertz CT molecular complexity index is 188. The predicted molar refractivity (Wildman–Crippen MR) is 72.8 cm³/mol. The second kappa shape index (κ2) is 11.5. The van der Waals surface area contributed by atoms with E-state index in [2.05, 4.69) is 38.8 Å². The van der Waals surface area contributed by atoms with Crippen LogP contribution < -0.4 is 0 Å². The van der Waals surface area contributed by atoms with E-state index < -0.39 is 0 Å². The molecule has 15 heavy (non-hydrogen) atoms. The van der Waals surface area contributed by atoms with Crippen LogP contribution in [0.4, 0.5) is 0 Å². The second-order valence-corrected chi connectivity index (χ2v) is 4.13. The van der Waals surface area contributed by atoms with Gasteiger partial charge in [0.05, 0.1) is 6.54 Å². The molecule has 1 heteroatoms. The molecule has 0 saturated carbocycles. The van der Waals surface area contributed by atoms with Gasteiger partial charge in [-0.1, -0.05) is 53.0 Å². The van der Waals surface area contributed by atoms with Gasteiger partial charge >= 0.3 is 0 Å². The van der Waals surface area contributed by atoms with E-state index in [1.54, 1.807) is 0 Å². The van der Waals surface area contributed by atoms with Crippen molar-refractivity contribution in [3.63, 3.8) is 0 Å². The fourth-order valence-electron chi connectivity index (χ4n) is 1.27. The van der Waals surface area contributed by atoms with Crippen LogP contribution in [-0.4, -0.2) is 12.3 Å². The van der Waals surface area contributed by atoms with E-state index in [1.165, 1.54) is 18.4 Å². The van der Waals surface area contributed by atoms with E-state index in [9.17, 15) is 0 Å². The Morgan fingerprint density at radius 3 is 1.87 bits per heavy atom. The number of aliphatic imine (C=N–C) groups is 1. The Labute approximate surface area is 96.7 Å². The van der Waals surface area contributed by atoms with Gasteiger partial charge in [-0.25, -0.2) is 0 Å². The van der Waals surface area contributed by atoms with Crippen LogP contribution in [0.5, 0.6) is 0 Å². The van der Waals surface area contributed by atoms with Gasteiger partial charge in [-0.15, -0.1) is 0 Å². The first kappa shape index (κ1) is 16.8. The molecule has 0 amide bonds. The van der Waals surface area contributed by atoms with Crippen LogP contribution in [0.2, 0.25) is 0 Å². The highest BCUT2D eigenvalue weighted by atomic mass is 14.7. The maximum Gasteiger partial charge on any atom is 0.0603 e. The Morgan fingerprint density at radius 2 is 1.80 bits per heavy atom. The molecule has 0 aromatic rings. The van der Waals surface area contributed by atoms with Crippen LogP contribution in [0, 0.1) is 5.92 Å². The van der Waals surface area contributed by atoms with E-state index in [0.29, 0.717) is 0 Å². The fourth-order valence-corrected chi connectivity index (χ4v) is 1.27. The first-order valence-electron chi connectivity index (χ1n) is 6.24. The monoisotopic (exact) mass is 211 g/mol. The quantitative estimate of drug-likeness (QED) is 0.617. The predicted octanol–water partition coefficient (Wildman–Crippen LogP) is 4.88. The SMILES string of the molecule is CC.CC1=CC(C)=NC1.CCCC(C)C. The molecule has 0 aliphatic carbocycles. The molecule has 0 unspecified atom stereocenters. The Balaban J connectivity index is 0. The number of hydrogen-bond donors (Lipinski definition) is 0. The largest absolute Gasteiger partial charge is 0.286 e. The summed E-state index contributed by atoms with van der Waals surface area (Å²) in [6.07, 6.45) is 4.82. The van der Waals surface area contributed by atoms with Gasteiger partial charge < -0.3 is 0 Å². The van der Waals surface area contributed by atoms with Crippen LogP contribution in [0.1, 0.15) is 61.3 Å². The van der Waals surface area contributed by atoms with Crippen LogP contribution in [0.25, 0.3) is 0 Å². The summed E-state index contributed by atoms with van der Waals surface area (Å²) >= 11 is 0. The molecule has 0 spiro atoms. The van der Waals surface area contributed by atoms with Crippen LogP contribution in [0.15, 0.2) is 16.6 Å². The number of allylic oxidation sites excluding steroid dienone is 1. The smallest absolute Gasteiger partial charge is 0.0603 e. The van der Waals surface area contributed by atoms with Crippen molar-refractivity contribution >= 4 is 5.71 Å². The van der Waals surface area contributed by atoms with Crippen molar-refractivity contribution < 1.29 is 0 Å². The number of rotatable bonds is 2. The molecule has 0 atom stereocenters. The first-order chi connectivity index (χ1) is 7.06. The van der Waals surface area contributed by atoms with E-state index in [0.717, 1.165) is 18.2 Å². The molecule has 0 aromatic heterocycles. The van der Waals surface area contributed by atoms with Gasteiger partial charge in [-0.3, -0.25) is 4.99 Å². The molecule has 1 rings (SSSR count). The lowest BCUT2D eigenvalue weighted by atomic mass is 10.1. The van der Waals surface area contributed by atoms with Crippen molar-refractivity contribution in [1.82, 2.24) is 0 Å². The Kier molecular flexibility index (Phi) is 12.9. The third-order valence-corrected chi connectivity index (χ3v) is 1.90. The number of nitrogens with zero attached hydrogens (tertiary/aromatic N) is 1. The molecule has 1 aliphatic rings. The third-order valence-electron chi connectivity index (χ3n) is 1.90. The highest BCUT2D eigenvalue weighted by Gasteiger charge is 1.95. The molecule has 0 saturated heterocycles. The minimum atomic E-state index is 0.898. The van der Waals surface area contributed by atoms with Gasteiger partial charge in [0, 0.05) is 5.71 Å². The summed E-state index contributed by atoms with van der Waals surface area (Å²) in [5.74, 6) is 0.898. The lowest BCUT2D eigenvalue weighted by Crippen LogP contribution is -1.81. The summed E-state index contributed by atoms with van der Waals surface area (Å²) in [7, 11) is 0. The summed E-state index contributed by atoms with van der Waals surface area (Å²) in [6, 6.07) is 0. The summed E-state index contributed by atoms with van der Waals surface area (Å²) in [6.45, 7) is 15.8. The highest BCUT2D eigenvalue weighted by Crippen LogP contribution is 2.01. The molecule has 0 N–H and O–H groups in total. The minimum absolute atomic E-state index is 0.898. The van der Waals surface area contributed by atoms with Crippen LogP contribution >= 0.6 is 0 Å².